The van der Waals surface area contributed by atoms with Gasteiger partial charge in [0.25, 0.3) is 0 Å². The Morgan fingerprint density at radius 2 is 2.03 bits per heavy atom. The fraction of sp³-hybridized carbons (Fsp3) is 0.190. The lowest BCUT2D eigenvalue weighted by atomic mass is 10.1. The number of hydrogen-bond donors (Lipinski definition) is 1. The van der Waals surface area contributed by atoms with Crippen LogP contribution >= 0.6 is 0 Å². The first kappa shape index (κ1) is 21.3. The number of terminal acetylenes is 1. The average Bonchev–Trinajstić information content (AvgIpc) is 3.10. The molecule has 0 unspecified atom stereocenters. The van der Waals surface area contributed by atoms with E-state index < -0.39 is 11.8 Å². The third-order valence-corrected chi connectivity index (χ3v) is 4.12. The van der Waals surface area contributed by atoms with Crippen LogP contribution in [0.1, 0.15) is 23.5 Å². The monoisotopic (exact) mass is 421 g/mol. The van der Waals surface area contributed by atoms with Crippen molar-refractivity contribution in [1.82, 2.24) is 14.7 Å². The minimum atomic E-state index is -1.16. The molecule has 0 fully saturated rings. The van der Waals surface area contributed by atoms with E-state index in [1.807, 2.05) is 18.2 Å². The van der Waals surface area contributed by atoms with Crippen LogP contribution < -0.4 is 10.7 Å². The molecular weight excluding hydrogens is 402 g/mol. The number of aromatic nitrogens is 3. The Morgan fingerprint density at radius 3 is 2.68 bits per heavy atom. The van der Waals surface area contributed by atoms with E-state index >= 15 is 0 Å². The molecule has 2 heterocycles. The standard InChI is InChI=1S/C21H19N5O5/c1-3-4-13-26(21(28)29)17-12-8-11-16(22-17)14-30-24-18(15-9-6-5-7-10-15)19-23-20(27)31-25(19)2/h1,5-12H,4,13-14H2,2H3,(H,28,29)/b24-18-. The number of oxime groups is 1. The molecule has 1 aromatic carbocycles. The molecule has 10 nitrogen and oxygen atoms in total. The Morgan fingerprint density at radius 1 is 1.26 bits per heavy atom. The van der Waals surface area contributed by atoms with Gasteiger partial charge >= 0.3 is 11.8 Å². The SMILES string of the molecule is C#CCCN(C(=O)O)c1cccc(CO/N=C(/c2ccccc2)c2nc(=O)on2C)n1. The zero-order valence-corrected chi connectivity index (χ0v) is 16.6. The summed E-state index contributed by atoms with van der Waals surface area (Å²) in [5.41, 5.74) is 1.42. The summed E-state index contributed by atoms with van der Waals surface area (Å²) in [6, 6.07) is 13.9. The Hall–Kier alpha value is -4.39. The van der Waals surface area contributed by atoms with Crippen LogP contribution in [0.4, 0.5) is 10.6 Å². The predicted molar refractivity (Wildman–Crippen MR) is 112 cm³/mol. The number of anilines is 1. The summed E-state index contributed by atoms with van der Waals surface area (Å²) in [4.78, 5) is 37.6. The lowest BCUT2D eigenvalue weighted by Crippen LogP contribution is -2.31. The van der Waals surface area contributed by atoms with E-state index in [9.17, 15) is 14.7 Å². The van der Waals surface area contributed by atoms with Crippen molar-refractivity contribution in [3.05, 3.63) is 76.2 Å². The maximum absolute atomic E-state index is 11.5. The largest absolute Gasteiger partial charge is 0.465 e. The van der Waals surface area contributed by atoms with Crippen LogP contribution in [0.3, 0.4) is 0 Å². The number of rotatable bonds is 8. The van der Waals surface area contributed by atoms with Crippen LogP contribution in [0.25, 0.3) is 0 Å². The highest BCUT2D eigenvalue weighted by molar-refractivity contribution is 6.10. The number of aryl methyl sites for hydroxylation is 1. The van der Waals surface area contributed by atoms with Crippen LogP contribution in [-0.4, -0.2) is 38.2 Å². The Bertz CT molecular complexity index is 1180. The second kappa shape index (κ2) is 9.89. The molecule has 0 atom stereocenters. The second-order valence-electron chi connectivity index (χ2n) is 6.24. The van der Waals surface area contributed by atoms with Gasteiger partial charge in [0.15, 0.2) is 18.1 Å². The fourth-order valence-corrected chi connectivity index (χ4v) is 2.70. The molecule has 0 saturated carbocycles. The molecule has 1 N–H and O–H groups in total. The molecule has 3 aromatic rings. The van der Waals surface area contributed by atoms with E-state index in [0.29, 0.717) is 17.0 Å². The van der Waals surface area contributed by atoms with Crippen molar-refractivity contribution < 1.29 is 19.3 Å². The summed E-state index contributed by atoms with van der Waals surface area (Å²) in [6.07, 6.45) is 4.33. The lowest BCUT2D eigenvalue weighted by Gasteiger charge is -2.17. The molecule has 1 amide bonds. The van der Waals surface area contributed by atoms with E-state index in [-0.39, 0.29) is 31.2 Å². The molecule has 2 aromatic heterocycles. The van der Waals surface area contributed by atoms with Crippen molar-refractivity contribution in [2.24, 2.45) is 12.2 Å². The fourth-order valence-electron chi connectivity index (χ4n) is 2.70. The van der Waals surface area contributed by atoms with Gasteiger partial charge < -0.3 is 14.5 Å². The van der Waals surface area contributed by atoms with Crippen LogP contribution in [0.2, 0.25) is 0 Å². The summed E-state index contributed by atoms with van der Waals surface area (Å²) in [5, 5.41) is 13.5. The van der Waals surface area contributed by atoms with Gasteiger partial charge in [-0.25, -0.2) is 14.6 Å². The molecule has 0 radical (unpaired) electrons. The van der Waals surface area contributed by atoms with Crippen molar-refractivity contribution in [3.63, 3.8) is 0 Å². The molecule has 31 heavy (non-hydrogen) atoms. The van der Waals surface area contributed by atoms with Gasteiger partial charge in [-0.1, -0.05) is 41.6 Å². The van der Waals surface area contributed by atoms with Gasteiger partial charge in [-0.3, -0.25) is 4.90 Å². The number of hydrogen-bond acceptors (Lipinski definition) is 7. The van der Waals surface area contributed by atoms with Crippen LogP contribution in [0.5, 0.6) is 0 Å². The van der Waals surface area contributed by atoms with Gasteiger partial charge in [-0.05, 0) is 12.1 Å². The van der Waals surface area contributed by atoms with Crippen LogP contribution in [0.15, 0.2) is 63.0 Å². The first-order chi connectivity index (χ1) is 15.0. The van der Waals surface area contributed by atoms with Crippen molar-refractivity contribution in [2.45, 2.75) is 13.0 Å². The highest BCUT2D eigenvalue weighted by Crippen LogP contribution is 2.14. The summed E-state index contributed by atoms with van der Waals surface area (Å²) in [5.74, 6) is 2.08. The number of carboxylic acid groups (broad SMARTS) is 1. The minimum absolute atomic E-state index is 0.0431. The topological polar surface area (TPSA) is 123 Å². The molecule has 3 rings (SSSR count). The van der Waals surface area contributed by atoms with Crippen molar-refractivity contribution in [2.75, 3.05) is 11.4 Å². The Kier molecular flexibility index (Phi) is 6.80. The lowest BCUT2D eigenvalue weighted by molar-refractivity contribution is 0.127. The number of pyridine rings is 1. The third-order valence-electron chi connectivity index (χ3n) is 4.12. The Balaban J connectivity index is 1.83. The molecule has 0 bridgehead atoms. The van der Waals surface area contributed by atoms with Gasteiger partial charge in [0.05, 0.1) is 5.69 Å². The molecule has 158 valence electrons. The third kappa shape index (κ3) is 5.36. The maximum Gasteiger partial charge on any atom is 0.460 e. The van der Waals surface area contributed by atoms with Crippen molar-refractivity contribution in [1.29, 1.82) is 0 Å². The molecule has 0 aliphatic heterocycles. The zero-order chi connectivity index (χ0) is 22.2. The van der Waals surface area contributed by atoms with Crippen molar-refractivity contribution in [3.8, 4) is 12.3 Å². The molecular formula is C21H19N5O5. The number of nitrogens with zero attached hydrogens (tertiary/aromatic N) is 5. The van der Waals surface area contributed by atoms with Crippen LogP contribution in [0, 0.1) is 12.3 Å². The minimum Gasteiger partial charge on any atom is -0.465 e. The molecule has 0 aliphatic rings. The first-order valence-electron chi connectivity index (χ1n) is 9.19. The summed E-state index contributed by atoms with van der Waals surface area (Å²) in [7, 11) is 1.53. The van der Waals surface area contributed by atoms with Crippen LogP contribution in [-0.2, 0) is 18.5 Å². The number of carbonyl (C=O) groups is 1. The van der Waals surface area contributed by atoms with Gasteiger partial charge in [-0.2, -0.15) is 9.72 Å². The normalized spacial score (nSPS) is 11.0. The highest BCUT2D eigenvalue weighted by Gasteiger charge is 2.17. The number of amides is 1. The van der Waals surface area contributed by atoms with E-state index in [4.69, 9.17) is 15.8 Å². The second-order valence-corrected chi connectivity index (χ2v) is 6.24. The van der Waals surface area contributed by atoms with E-state index in [2.05, 4.69) is 21.0 Å². The predicted octanol–water partition coefficient (Wildman–Crippen LogP) is 2.25. The first-order valence-corrected chi connectivity index (χ1v) is 9.19. The van der Waals surface area contributed by atoms with E-state index in [1.165, 1.54) is 11.8 Å². The van der Waals surface area contributed by atoms with E-state index in [1.54, 1.807) is 30.3 Å². The smallest absolute Gasteiger partial charge is 0.460 e. The van der Waals surface area contributed by atoms with Gasteiger partial charge in [0.2, 0.25) is 0 Å². The Labute approximate surface area is 177 Å². The molecule has 0 spiro atoms. The van der Waals surface area contributed by atoms with Gasteiger partial charge in [0, 0.05) is 25.6 Å². The summed E-state index contributed by atoms with van der Waals surface area (Å²) >= 11 is 0. The average molecular weight is 421 g/mol. The summed E-state index contributed by atoms with van der Waals surface area (Å²) in [6.45, 7) is 0.0816. The zero-order valence-electron chi connectivity index (χ0n) is 16.6. The van der Waals surface area contributed by atoms with Gasteiger partial charge in [-0.15, -0.1) is 12.3 Å². The molecule has 10 heteroatoms. The molecule has 0 aliphatic carbocycles. The number of benzene rings is 1. The van der Waals surface area contributed by atoms with E-state index in [0.717, 1.165) is 4.90 Å². The van der Waals surface area contributed by atoms with Gasteiger partial charge in [0.1, 0.15) is 5.82 Å². The highest BCUT2D eigenvalue weighted by atomic mass is 16.6. The summed E-state index contributed by atoms with van der Waals surface area (Å²) < 4.78 is 6.11. The van der Waals surface area contributed by atoms with Crippen molar-refractivity contribution >= 4 is 17.6 Å². The molecule has 0 saturated heterocycles. The maximum atomic E-state index is 11.5. The quantitative estimate of drug-likeness (QED) is 0.336.